The Labute approximate surface area is 116 Å². The summed E-state index contributed by atoms with van der Waals surface area (Å²) in [5.74, 6) is -1.38. The molecule has 1 aromatic carbocycles. The van der Waals surface area contributed by atoms with Gasteiger partial charge in [-0.3, -0.25) is 0 Å². The molecule has 1 rings (SSSR count). The molecule has 0 aliphatic carbocycles. The summed E-state index contributed by atoms with van der Waals surface area (Å²) >= 11 is 3.10. The van der Waals surface area contributed by atoms with Crippen molar-refractivity contribution < 1.29 is 23.1 Å². The average molecular weight is 340 g/mol. The van der Waals surface area contributed by atoms with Crippen molar-refractivity contribution in [2.45, 2.75) is 26.1 Å². The normalized spacial score (nSPS) is 13.4. The van der Waals surface area contributed by atoms with E-state index in [1.54, 1.807) is 13.8 Å². The third-order valence-corrected chi connectivity index (χ3v) is 3.23. The number of carbonyl (C=O) groups is 1. The number of halogens is 4. The summed E-state index contributed by atoms with van der Waals surface area (Å²) < 4.78 is 38.2. The first-order valence-corrected chi connectivity index (χ1v) is 6.28. The van der Waals surface area contributed by atoms with Crippen LogP contribution in [0.15, 0.2) is 22.7 Å². The van der Waals surface area contributed by atoms with E-state index in [0.717, 1.165) is 12.1 Å². The van der Waals surface area contributed by atoms with Gasteiger partial charge in [-0.25, -0.2) is 4.79 Å². The van der Waals surface area contributed by atoms with Crippen LogP contribution in [0.4, 0.5) is 18.9 Å². The average Bonchev–Trinajstić information content (AvgIpc) is 2.25. The van der Waals surface area contributed by atoms with E-state index in [1.807, 2.05) is 0 Å². The van der Waals surface area contributed by atoms with Gasteiger partial charge >= 0.3 is 12.1 Å². The van der Waals surface area contributed by atoms with Gasteiger partial charge in [0.1, 0.15) is 6.04 Å². The summed E-state index contributed by atoms with van der Waals surface area (Å²) in [7, 11) is 0. The van der Waals surface area contributed by atoms with Crippen LogP contribution >= 0.6 is 15.9 Å². The minimum atomic E-state index is -4.46. The van der Waals surface area contributed by atoms with Crippen molar-refractivity contribution in [2.24, 2.45) is 5.92 Å². The summed E-state index contributed by atoms with van der Waals surface area (Å²) in [6.45, 7) is 3.35. The Morgan fingerprint density at radius 3 is 2.37 bits per heavy atom. The van der Waals surface area contributed by atoms with Crippen LogP contribution in [0.5, 0.6) is 0 Å². The molecule has 0 spiro atoms. The maximum absolute atomic E-state index is 12.6. The van der Waals surface area contributed by atoms with Crippen LogP contribution in [0, 0.1) is 5.92 Å². The number of aliphatic carboxylic acids is 1. The molecule has 106 valence electrons. The van der Waals surface area contributed by atoms with Crippen molar-refractivity contribution in [1.29, 1.82) is 0 Å². The smallest absolute Gasteiger partial charge is 0.416 e. The van der Waals surface area contributed by atoms with Crippen LogP contribution in [-0.4, -0.2) is 17.1 Å². The molecule has 0 saturated heterocycles. The lowest BCUT2D eigenvalue weighted by Crippen LogP contribution is -2.34. The topological polar surface area (TPSA) is 49.3 Å². The van der Waals surface area contributed by atoms with E-state index < -0.39 is 23.8 Å². The molecule has 1 aromatic rings. The van der Waals surface area contributed by atoms with E-state index in [1.165, 1.54) is 6.07 Å². The number of rotatable bonds is 4. The highest BCUT2D eigenvalue weighted by atomic mass is 79.9. The summed E-state index contributed by atoms with van der Waals surface area (Å²) in [5, 5.41) is 11.6. The summed E-state index contributed by atoms with van der Waals surface area (Å²) in [5.41, 5.74) is -0.720. The number of alkyl halides is 3. The molecule has 1 unspecified atom stereocenters. The van der Waals surface area contributed by atoms with Gasteiger partial charge in [0.05, 0.1) is 5.56 Å². The maximum Gasteiger partial charge on any atom is 0.416 e. The Balaban J connectivity index is 3.09. The third kappa shape index (κ3) is 4.12. The molecule has 2 N–H and O–H groups in total. The fourth-order valence-corrected chi connectivity index (χ4v) is 1.85. The highest BCUT2D eigenvalue weighted by molar-refractivity contribution is 9.10. The van der Waals surface area contributed by atoms with Crippen LogP contribution in [-0.2, 0) is 11.0 Å². The zero-order valence-electron chi connectivity index (χ0n) is 10.3. The zero-order chi connectivity index (χ0) is 14.8. The fraction of sp³-hybridized carbons (Fsp3) is 0.417. The molecule has 0 aliphatic heterocycles. The predicted octanol–water partition coefficient (Wildman–Crippen LogP) is 3.99. The molecule has 0 saturated carbocycles. The van der Waals surface area contributed by atoms with Crippen LogP contribution < -0.4 is 5.32 Å². The van der Waals surface area contributed by atoms with Crippen molar-refractivity contribution in [2.75, 3.05) is 5.32 Å². The number of carboxylic acid groups (broad SMARTS) is 1. The van der Waals surface area contributed by atoms with Crippen molar-refractivity contribution in [3.63, 3.8) is 0 Å². The Morgan fingerprint density at radius 2 is 1.95 bits per heavy atom. The predicted molar refractivity (Wildman–Crippen MR) is 69.0 cm³/mol. The molecule has 7 heteroatoms. The highest BCUT2D eigenvalue weighted by Crippen LogP contribution is 2.34. The number of benzene rings is 1. The Bertz CT molecular complexity index is 475. The molecule has 1 atom stereocenters. The van der Waals surface area contributed by atoms with Crippen LogP contribution in [0.25, 0.3) is 0 Å². The van der Waals surface area contributed by atoms with Gasteiger partial charge < -0.3 is 10.4 Å². The van der Waals surface area contributed by atoms with Gasteiger partial charge in [0, 0.05) is 10.2 Å². The van der Waals surface area contributed by atoms with Gasteiger partial charge in [-0.2, -0.15) is 13.2 Å². The van der Waals surface area contributed by atoms with Crippen LogP contribution in [0.1, 0.15) is 19.4 Å². The van der Waals surface area contributed by atoms with Gasteiger partial charge in [0.25, 0.3) is 0 Å². The molecule has 0 aliphatic rings. The SMILES string of the molecule is CC(C)C(Nc1cc(C(F)(F)F)ccc1Br)C(=O)O. The first-order valence-electron chi connectivity index (χ1n) is 5.49. The highest BCUT2D eigenvalue weighted by Gasteiger charge is 2.31. The second-order valence-electron chi connectivity index (χ2n) is 4.40. The van der Waals surface area contributed by atoms with Crippen molar-refractivity contribution in [1.82, 2.24) is 0 Å². The minimum absolute atomic E-state index is 0.107. The molecule has 0 bridgehead atoms. The lowest BCUT2D eigenvalue weighted by molar-refractivity contribution is -0.139. The van der Waals surface area contributed by atoms with Gasteiger partial charge in [0.2, 0.25) is 0 Å². The molecular formula is C12H13BrF3NO2. The second kappa shape index (κ2) is 5.81. The summed E-state index contributed by atoms with van der Waals surface area (Å²) in [6, 6.07) is 2.10. The molecular weight excluding hydrogens is 327 g/mol. The molecule has 0 radical (unpaired) electrons. The van der Waals surface area contributed by atoms with E-state index in [2.05, 4.69) is 21.2 Å². The number of anilines is 1. The second-order valence-corrected chi connectivity index (χ2v) is 5.25. The molecule has 0 aromatic heterocycles. The largest absolute Gasteiger partial charge is 0.480 e. The number of hydrogen-bond donors (Lipinski definition) is 2. The molecule has 3 nitrogen and oxygen atoms in total. The number of hydrogen-bond acceptors (Lipinski definition) is 2. The van der Waals surface area contributed by atoms with Crippen LogP contribution in [0.2, 0.25) is 0 Å². The molecule has 0 amide bonds. The maximum atomic E-state index is 12.6. The van der Waals surface area contributed by atoms with Gasteiger partial charge in [0.15, 0.2) is 0 Å². The Hall–Kier alpha value is -1.24. The van der Waals surface area contributed by atoms with E-state index in [0.29, 0.717) is 4.47 Å². The Kier molecular flexibility index (Phi) is 4.84. The van der Waals surface area contributed by atoms with Crippen molar-refractivity contribution >= 4 is 27.6 Å². The lowest BCUT2D eigenvalue weighted by Gasteiger charge is -2.21. The minimum Gasteiger partial charge on any atom is -0.480 e. The zero-order valence-corrected chi connectivity index (χ0v) is 11.8. The van der Waals surface area contributed by atoms with E-state index in [-0.39, 0.29) is 11.6 Å². The molecule has 0 fully saturated rings. The quantitative estimate of drug-likeness (QED) is 0.871. The summed E-state index contributed by atoms with van der Waals surface area (Å²) in [6.07, 6.45) is -4.46. The monoisotopic (exact) mass is 339 g/mol. The van der Waals surface area contributed by atoms with E-state index in [4.69, 9.17) is 5.11 Å². The standard InChI is InChI=1S/C12H13BrF3NO2/c1-6(2)10(11(18)19)17-9-5-7(12(14,15)16)3-4-8(9)13/h3-6,10,17H,1-2H3,(H,18,19). The van der Waals surface area contributed by atoms with Crippen molar-refractivity contribution in [3.05, 3.63) is 28.2 Å². The molecule has 0 heterocycles. The first kappa shape index (κ1) is 15.8. The number of nitrogens with one attached hydrogen (secondary N) is 1. The van der Waals surface area contributed by atoms with Crippen molar-refractivity contribution in [3.8, 4) is 0 Å². The molecule has 19 heavy (non-hydrogen) atoms. The van der Waals surface area contributed by atoms with Gasteiger partial charge in [-0.05, 0) is 40.0 Å². The van der Waals surface area contributed by atoms with Crippen LogP contribution in [0.3, 0.4) is 0 Å². The van der Waals surface area contributed by atoms with E-state index in [9.17, 15) is 18.0 Å². The number of carboxylic acids is 1. The van der Waals surface area contributed by atoms with Gasteiger partial charge in [-0.1, -0.05) is 13.8 Å². The van der Waals surface area contributed by atoms with Gasteiger partial charge in [-0.15, -0.1) is 0 Å². The first-order chi connectivity index (χ1) is 8.62. The lowest BCUT2D eigenvalue weighted by atomic mass is 10.0. The summed E-state index contributed by atoms with van der Waals surface area (Å²) in [4.78, 5) is 11.0. The van der Waals surface area contributed by atoms with E-state index >= 15 is 0 Å². The Morgan fingerprint density at radius 1 is 1.37 bits per heavy atom. The fourth-order valence-electron chi connectivity index (χ4n) is 1.49. The third-order valence-electron chi connectivity index (χ3n) is 2.54.